The maximum Gasteiger partial charge on any atom is 0.324 e. The van der Waals surface area contributed by atoms with E-state index >= 15 is 0 Å². The maximum atomic E-state index is 12.5. The summed E-state index contributed by atoms with van der Waals surface area (Å²) in [6.07, 6.45) is 5.07. The molecule has 0 aliphatic rings. The average molecular weight is 417 g/mol. The number of nitrogens with two attached hydrogens (primary N) is 1. The van der Waals surface area contributed by atoms with Gasteiger partial charge < -0.3 is 16.4 Å². The molecular formula is C22H23N7O2. The molecule has 158 valence electrons. The van der Waals surface area contributed by atoms with Crippen molar-refractivity contribution in [1.29, 1.82) is 0 Å². The molecule has 0 spiro atoms. The number of carbonyl (C=O) groups excluding carboxylic acids is 2. The van der Waals surface area contributed by atoms with Crippen LogP contribution in [0.3, 0.4) is 0 Å². The highest BCUT2D eigenvalue weighted by atomic mass is 16.2. The Morgan fingerprint density at radius 3 is 2.58 bits per heavy atom. The van der Waals surface area contributed by atoms with Gasteiger partial charge in [-0.2, -0.15) is 0 Å². The largest absolute Gasteiger partial charge is 0.386 e. The molecule has 3 amide bonds. The van der Waals surface area contributed by atoms with E-state index in [-0.39, 0.29) is 12.5 Å². The van der Waals surface area contributed by atoms with Gasteiger partial charge in [0.25, 0.3) is 5.91 Å². The molecule has 2 aromatic carbocycles. The number of anilines is 2. The molecule has 0 unspecified atom stereocenters. The fraction of sp³-hybridized carbons (Fsp3) is 0.136. The number of carbonyl (C=O) groups is 2. The second kappa shape index (κ2) is 10.5. The number of rotatable bonds is 7. The van der Waals surface area contributed by atoms with E-state index in [2.05, 4.69) is 30.9 Å². The number of benzene rings is 2. The van der Waals surface area contributed by atoms with E-state index in [9.17, 15) is 9.59 Å². The van der Waals surface area contributed by atoms with Crippen molar-refractivity contribution < 1.29 is 9.59 Å². The van der Waals surface area contributed by atoms with E-state index in [4.69, 9.17) is 5.73 Å². The average Bonchev–Trinajstić information content (AvgIpc) is 2.79. The number of nitrogens with one attached hydrogen (secondary N) is 3. The SMILES string of the molecule is CCc1cc(C(=O)NCC(N)=Nc2ccccc2)ccc1NC(=O)Nc1cnccn1. The van der Waals surface area contributed by atoms with Crippen molar-refractivity contribution in [3.8, 4) is 0 Å². The van der Waals surface area contributed by atoms with Crippen LogP contribution in [0.4, 0.5) is 22.0 Å². The van der Waals surface area contributed by atoms with E-state index in [1.165, 1.54) is 18.6 Å². The molecule has 0 bridgehead atoms. The number of aliphatic imine (C=N–C) groups is 1. The Labute approximate surface area is 179 Å². The second-order valence-electron chi connectivity index (χ2n) is 6.52. The lowest BCUT2D eigenvalue weighted by Gasteiger charge is -2.12. The van der Waals surface area contributed by atoms with Crippen molar-refractivity contribution in [3.63, 3.8) is 0 Å². The molecule has 0 radical (unpaired) electrons. The molecule has 0 saturated carbocycles. The van der Waals surface area contributed by atoms with Gasteiger partial charge in [-0.15, -0.1) is 0 Å². The molecule has 3 rings (SSSR count). The normalized spacial score (nSPS) is 10.9. The highest BCUT2D eigenvalue weighted by molar-refractivity contribution is 6.01. The monoisotopic (exact) mass is 417 g/mol. The third kappa shape index (κ3) is 6.36. The minimum Gasteiger partial charge on any atom is -0.386 e. The van der Waals surface area contributed by atoms with Crippen molar-refractivity contribution in [2.24, 2.45) is 10.7 Å². The quantitative estimate of drug-likeness (QED) is 0.346. The van der Waals surface area contributed by atoms with Crippen molar-refractivity contribution in [2.45, 2.75) is 13.3 Å². The molecule has 0 aliphatic heterocycles. The topological polar surface area (TPSA) is 134 Å². The number of urea groups is 1. The molecule has 1 heterocycles. The lowest BCUT2D eigenvalue weighted by atomic mass is 10.1. The van der Waals surface area contributed by atoms with Crippen LogP contribution in [0.5, 0.6) is 0 Å². The highest BCUT2D eigenvalue weighted by Crippen LogP contribution is 2.19. The Hall–Kier alpha value is -4.27. The van der Waals surface area contributed by atoms with Crippen molar-refractivity contribution in [1.82, 2.24) is 15.3 Å². The molecule has 9 nitrogen and oxygen atoms in total. The summed E-state index contributed by atoms with van der Waals surface area (Å²) in [5.74, 6) is 0.356. The van der Waals surface area contributed by atoms with E-state index in [0.29, 0.717) is 29.3 Å². The standard InChI is InChI=1S/C22H23N7O2/c1-2-15-12-16(21(30)26-13-19(23)27-17-6-4-3-5-7-17)8-9-18(15)28-22(31)29-20-14-24-10-11-25-20/h3-12,14H,2,13H2,1H3,(H2,23,27)(H,26,30)(H2,25,28,29,31). The van der Waals surface area contributed by atoms with Crippen LogP contribution in [0.1, 0.15) is 22.8 Å². The Kier molecular flexibility index (Phi) is 7.26. The summed E-state index contributed by atoms with van der Waals surface area (Å²) < 4.78 is 0. The van der Waals surface area contributed by atoms with Crippen LogP contribution in [0.2, 0.25) is 0 Å². The molecular weight excluding hydrogens is 394 g/mol. The number of aryl methyl sites for hydroxylation is 1. The zero-order chi connectivity index (χ0) is 22.1. The van der Waals surface area contributed by atoms with Gasteiger partial charge in [0.1, 0.15) is 5.84 Å². The third-order valence-electron chi connectivity index (χ3n) is 4.26. The fourth-order valence-electron chi connectivity index (χ4n) is 2.76. The van der Waals surface area contributed by atoms with E-state index in [1.54, 1.807) is 18.2 Å². The molecule has 5 N–H and O–H groups in total. The summed E-state index contributed by atoms with van der Waals surface area (Å²) in [5.41, 5.74) is 8.50. The van der Waals surface area contributed by atoms with E-state index in [1.807, 2.05) is 37.3 Å². The second-order valence-corrected chi connectivity index (χ2v) is 6.52. The van der Waals surface area contributed by atoms with Crippen LogP contribution in [-0.2, 0) is 6.42 Å². The van der Waals surface area contributed by atoms with Gasteiger partial charge in [-0.1, -0.05) is 25.1 Å². The molecule has 31 heavy (non-hydrogen) atoms. The Morgan fingerprint density at radius 1 is 1.06 bits per heavy atom. The van der Waals surface area contributed by atoms with Crippen LogP contribution in [0.15, 0.2) is 72.1 Å². The lowest BCUT2D eigenvalue weighted by molar-refractivity contribution is 0.0959. The highest BCUT2D eigenvalue weighted by Gasteiger charge is 2.12. The summed E-state index contributed by atoms with van der Waals surface area (Å²) in [4.78, 5) is 36.9. The first-order chi connectivity index (χ1) is 15.0. The van der Waals surface area contributed by atoms with Crippen molar-refractivity contribution >= 4 is 35.0 Å². The number of amidine groups is 1. The first-order valence-corrected chi connectivity index (χ1v) is 9.68. The number of amides is 3. The van der Waals surface area contributed by atoms with Gasteiger partial charge in [-0.3, -0.25) is 15.1 Å². The Balaban J connectivity index is 1.61. The predicted octanol–water partition coefficient (Wildman–Crippen LogP) is 3.10. The first-order valence-electron chi connectivity index (χ1n) is 9.68. The fourth-order valence-corrected chi connectivity index (χ4v) is 2.76. The number of hydrogen-bond donors (Lipinski definition) is 4. The maximum absolute atomic E-state index is 12.5. The minimum absolute atomic E-state index is 0.121. The minimum atomic E-state index is -0.447. The summed E-state index contributed by atoms with van der Waals surface area (Å²) in [6, 6.07) is 13.9. The zero-order valence-electron chi connectivity index (χ0n) is 17.0. The zero-order valence-corrected chi connectivity index (χ0v) is 17.0. The van der Waals surface area contributed by atoms with E-state index < -0.39 is 6.03 Å². The van der Waals surface area contributed by atoms with Crippen molar-refractivity contribution in [2.75, 3.05) is 17.2 Å². The van der Waals surface area contributed by atoms with Gasteiger partial charge in [0.15, 0.2) is 5.82 Å². The summed E-state index contributed by atoms with van der Waals surface area (Å²) in [5, 5.41) is 8.12. The number of para-hydroxylation sites is 1. The Morgan fingerprint density at radius 2 is 1.87 bits per heavy atom. The summed E-state index contributed by atoms with van der Waals surface area (Å²) >= 11 is 0. The van der Waals surface area contributed by atoms with Gasteiger partial charge in [-0.05, 0) is 42.3 Å². The number of nitrogens with zero attached hydrogens (tertiary/aromatic N) is 3. The van der Waals surface area contributed by atoms with Gasteiger partial charge in [0, 0.05) is 23.6 Å². The summed E-state index contributed by atoms with van der Waals surface area (Å²) in [6.45, 7) is 2.06. The predicted molar refractivity (Wildman–Crippen MR) is 121 cm³/mol. The molecule has 0 atom stereocenters. The first kappa shape index (κ1) is 21.4. The van der Waals surface area contributed by atoms with Crippen LogP contribution in [-0.4, -0.2) is 34.3 Å². The molecule has 1 aromatic heterocycles. The number of aromatic nitrogens is 2. The smallest absolute Gasteiger partial charge is 0.324 e. The van der Waals surface area contributed by atoms with Gasteiger partial charge in [-0.25, -0.2) is 14.8 Å². The van der Waals surface area contributed by atoms with Crippen molar-refractivity contribution in [3.05, 3.63) is 78.2 Å². The van der Waals surface area contributed by atoms with E-state index in [0.717, 1.165) is 11.3 Å². The van der Waals surface area contributed by atoms with Crippen LogP contribution < -0.4 is 21.7 Å². The summed E-state index contributed by atoms with van der Waals surface area (Å²) in [7, 11) is 0. The third-order valence-corrected chi connectivity index (χ3v) is 4.26. The van der Waals surface area contributed by atoms with Gasteiger partial charge >= 0.3 is 6.03 Å². The Bertz CT molecular complexity index is 1070. The molecule has 0 aliphatic carbocycles. The van der Waals surface area contributed by atoms with Crippen LogP contribution in [0, 0.1) is 0 Å². The van der Waals surface area contributed by atoms with Gasteiger partial charge in [0.2, 0.25) is 0 Å². The van der Waals surface area contributed by atoms with Crippen LogP contribution in [0.25, 0.3) is 0 Å². The molecule has 3 aromatic rings. The number of hydrogen-bond acceptors (Lipinski definition) is 5. The van der Waals surface area contributed by atoms with Crippen LogP contribution >= 0.6 is 0 Å². The molecule has 0 fully saturated rings. The lowest BCUT2D eigenvalue weighted by Crippen LogP contribution is -2.33. The van der Waals surface area contributed by atoms with Gasteiger partial charge in [0.05, 0.1) is 18.4 Å². The molecule has 0 saturated heterocycles. The molecule has 9 heteroatoms.